The van der Waals surface area contributed by atoms with Crippen LogP contribution in [0.2, 0.25) is 0 Å². The maximum Gasteiger partial charge on any atom is 0.318 e. The monoisotopic (exact) mass is 461 g/mol. The topological polar surface area (TPSA) is 54.0 Å². The van der Waals surface area contributed by atoms with Gasteiger partial charge in [-0.1, -0.05) is 12.1 Å². The van der Waals surface area contributed by atoms with Crippen LogP contribution in [-0.2, 0) is 13.1 Å². The molecule has 0 aromatic heterocycles. The highest BCUT2D eigenvalue weighted by Gasteiger charge is 2.29. The minimum atomic E-state index is -0.724. The van der Waals surface area contributed by atoms with Gasteiger partial charge in [0.2, 0.25) is 0 Å². The van der Waals surface area contributed by atoms with Gasteiger partial charge in [0, 0.05) is 30.3 Å². The number of likely N-dealkylation sites (tertiary alicyclic amines) is 1. The Morgan fingerprint density at radius 3 is 2.27 bits per heavy atom. The molecule has 0 bridgehead atoms. The minimum Gasteiger partial charge on any atom is -0.497 e. The van der Waals surface area contributed by atoms with Crippen molar-refractivity contribution < 1.29 is 23.0 Å². The lowest BCUT2D eigenvalue weighted by molar-refractivity contribution is 0.125. The second kappa shape index (κ2) is 11.3. The summed E-state index contributed by atoms with van der Waals surface area (Å²) in [5.74, 6) is -0.580. The zero-order valence-corrected chi connectivity index (χ0v) is 19.7. The number of carbonyl (C=O) groups excluding carboxylic acids is 1. The van der Waals surface area contributed by atoms with Crippen molar-refractivity contribution in [2.45, 2.75) is 51.9 Å². The van der Waals surface area contributed by atoms with E-state index in [-0.39, 0.29) is 36.0 Å². The van der Waals surface area contributed by atoms with Crippen LogP contribution in [-0.4, -0.2) is 55.2 Å². The summed E-state index contributed by atoms with van der Waals surface area (Å²) < 4.78 is 39.9. The lowest BCUT2D eigenvalue weighted by atomic mass is 10.0. The average Bonchev–Trinajstić information content (AvgIpc) is 2.78. The number of nitrogens with zero attached hydrogens (tertiary/aromatic N) is 2. The van der Waals surface area contributed by atoms with E-state index in [4.69, 9.17) is 9.47 Å². The fourth-order valence-electron chi connectivity index (χ4n) is 3.93. The van der Waals surface area contributed by atoms with Crippen molar-refractivity contribution in [3.63, 3.8) is 0 Å². The molecule has 3 rings (SSSR count). The van der Waals surface area contributed by atoms with Crippen molar-refractivity contribution in [3.8, 4) is 11.5 Å². The van der Waals surface area contributed by atoms with E-state index >= 15 is 0 Å². The van der Waals surface area contributed by atoms with Gasteiger partial charge in [-0.25, -0.2) is 13.6 Å². The number of hydrogen-bond donors (Lipinski definition) is 1. The first-order chi connectivity index (χ1) is 15.8. The van der Waals surface area contributed by atoms with Crippen LogP contribution in [0, 0.1) is 11.6 Å². The largest absolute Gasteiger partial charge is 0.497 e. The van der Waals surface area contributed by atoms with Crippen molar-refractivity contribution in [2.75, 3.05) is 27.2 Å². The standard InChI is InChI=1S/C25H33F2N3O3/c1-17(2)33-20-7-5-18(6-8-20)15-28-25(31)30(19-9-11-29(3)12-10-19)16-22-23(26)13-21(32-4)14-24(22)27/h5-8,13-14,17,19H,9-12,15-16H2,1-4H3,(H,28,31). The van der Waals surface area contributed by atoms with Crippen LogP contribution < -0.4 is 14.8 Å². The molecular weight excluding hydrogens is 428 g/mol. The minimum absolute atomic E-state index is 0.0809. The van der Waals surface area contributed by atoms with Crippen molar-refractivity contribution in [2.24, 2.45) is 0 Å². The van der Waals surface area contributed by atoms with Crippen molar-refractivity contribution in [3.05, 3.63) is 59.2 Å². The molecule has 0 saturated carbocycles. The Morgan fingerprint density at radius 1 is 1.12 bits per heavy atom. The van der Waals surface area contributed by atoms with Crippen molar-refractivity contribution in [1.29, 1.82) is 0 Å². The number of amides is 2. The van der Waals surface area contributed by atoms with Gasteiger partial charge in [0.15, 0.2) is 0 Å². The van der Waals surface area contributed by atoms with Crippen LogP contribution in [0.5, 0.6) is 11.5 Å². The number of benzene rings is 2. The Hall–Kier alpha value is -2.87. The molecule has 2 aromatic rings. The number of piperidine rings is 1. The number of carbonyl (C=O) groups is 1. The highest BCUT2D eigenvalue weighted by Crippen LogP contribution is 2.25. The summed E-state index contributed by atoms with van der Waals surface area (Å²) >= 11 is 0. The first-order valence-electron chi connectivity index (χ1n) is 11.3. The lowest BCUT2D eigenvalue weighted by Gasteiger charge is -2.37. The number of urea groups is 1. The van der Waals surface area contributed by atoms with Crippen LogP contribution >= 0.6 is 0 Å². The summed E-state index contributed by atoms with van der Waals surface area (Å²) in [7, 11) is 3.38. The normalized spacial score (nSPS) is 14.9. The highest BCUT2D eigenvalue weighted by molar-refractivity contribution is 5.74. The SMILES string of the molecule is COc1cc(F)c(CN(C(=O)NCc2ccc(OC(C)C)cc2)C2CCN(C)CC2)c(F)c1. The van der Waals surface area contributed by atoms with Crippen LogP contribution in [0.3, 0.4) is 0 Å². The third kappa shape index (κ3) is 6.81. The Labute approximate surface area is 194 Å². The van der Waals surface area contributed by atoms with Crippen molar-refractivity contribution in [1.82, 2.24) is 15.1 Å². The lowest BCUT2D eigenvalue weighted by Crippen LogP contribution is -2.49. The van der Waals surface area contributed by atoms with E-state index in [9.17, 15) is 13.6 Å². The molecule has 2 amide bonds. The van der Waals surface area contributed by atoms with Crippen molar-refractivity contribution >= 4 is 6.03 Å². The predicted octanol–water partition coefficient (Wildman–Crippen LogP) is 4.57. The smallest absolute Gasteiger partial charge is 0.318 e. The second-order valence-electron chi connectivity index (χ2n) is 8.70. The quantitative estimate of drug-likeness (QED) is 0.626. The third-order valence-corrected chi connectivity index (χ3v) is 5.81. The molecule has 1 fully saturated rings. The summed E-state index contributed by atoms with van der Waals surface area (Å²) in [6.07, 6.45) is 1.56. The number of rotatable bonds is 8. The zero-order chi connectivity index (χ0) is 24.0. The van der Waals surface area contributed by atoms with E-state index in [1.807, 2.05) is 45.2 Å². The third-order valence-electron chi connectivity index (χ3n) is 5.81. The van der Waals surface area contributed by atoms with Gasteiger partial charge in [-0.3, -0.25) is 0 Å². The molecule has 1 N–H and O–H groups in total. The van der Waals surface area contributed by atoms with E-state index in [0.717, 1.165) is 49.4 Å². The molecule has 1 aliphatic rings. The number of nitrogens with one attached hydrogen (secondary N) is 1. The fourth-order valence-corrected chi connectivity index (χ4v) is 3.93. The van der Waals surface area contributed by atoms with E-state index < -0.39 is 11.6 Å². The molecule has 0 unspecified atom stereocenters. The average molecular weight is 462 g/mol. The van der Waals surface area contributed by atoms with Gasteiger partial charge in [-0.2, -0.15) is 0 Å². The number of methoxy groups -OCH3 is 1. The molecule has 6 nitrogen and oxygen atoms in total. The van der Waals surface area contributed by atoms with Crippen LogP contribution in [0.4, 0.5) is 13.6 Å². The molecule has 0 aliphatic carbocycles. The summed E-state index contributed by atoms with van der Waals surface area (Å²) in [4.78, 5) is 16.9. The molecule has 8 heteroatoms. The molecule has 1 heterocycles. The van der Waals surface area contributed by atoms with E-state index in [2.05, 4.69) is 10.2 Å². The molecule has 1 aliphatic heterocycles. The van der Waals surface area contributed by atoms with Crippen LogP contribution in [0.1, 0.15) is 37.8 Å². The summed E-state index contributed by atoms with van der Waals surface area (Å²) in [5.41, 5.74) is 0.768. The van der Waals surface area contributed by atoms with Gasteiger partial charge in [0.1, 0.15) is 23.1 Å². The fraction of sp³-hybridized carbons (Fsp3) is 0.480. The van der Waals surface area contributed by atoms with Crippen LogP contribution in [0.15, 0.2) is 36.4 Å². The molecule has 33 heavy (non-hydrogen) atoms. The Bertz CT molecular complexity index is 906. The number of halogens is 2. The summed E-state index contributed by atoms with van der Waals surface area (Å²) in [5, 5.41) is 2.91. The Morgan fingerprint density at radius 2 is 1.73 bits per heavy atom. The maximum absolute atomic E-state index is 14.6. The zero-order valence-electron chi connectivity index (χ0n) is 19.7. The Balaban J connectivity index is 1.73. The van der Waals surface area contributed by atoms with Gasteiger partial charge in [-0.15, -0.1) is 0 Å². The van der Waals surface area contributed by atoms with Gasteiger partial charge in [0.05, 0.1) is 19.8 Å². The molecular formula is C25H33F2N3O3. The second-order valence-corrected chi connectivity index (χ2v) is 8.70. The van der Waals surface area contributed by atoms with E-state index in [0.29, 0.717) is 6.54 Å². The highest BCUT2D eigenvalue weighted by atomic mass is 19.1. The summed E-state index contributed by atoms with van der Waals surface area (Å²) in [6, 6.07) is 9.33. The van der Waals surface area contributed by atoms with E-state index in [1.165, 1.54) is 7.11 Å². The Kier molecular flexibility index (Phi) is 8.49. The number of ether oxygens (including phenoxy) is 2. The molecule has 0 spiro atoms. The van der Waals surface area contributed by atoms with Gasteiger partial charge >= 0.3 is 6.03 Å². The van der Waals surface area contributed by atoms with Gasteiger partial charge in [0.25, 0.3) is 0 Å². The first-order valence-corrected chi connectivity index (χ1v) is 11.3. The first kappa shape index (κ1) is 24.8. The van der Waals surface area contributed by atoms with Crippen LogP contribution in [0.25, 0.3) is 0 Å². The molecule has 0 atom stereocenters. The molecule has 180 valence electrons. The molecule has 0 radical (unpaired) electrons. The van der Waals surface area contributed by atoms with Gasteiger partial charge in [-0.05, 0) is 64.5 Å². The van der Waals surface area contributed by atoms with E-state index in [1.54, 1.807) is 4.90 Å². The predicted molar refractivity (Wildman–Crippen MR) is 123 cm³/mol. The number of hydrogen-bond acceptors (Lipinski definition) is 4. The van der Waals surface area contributed by atoms with Gasteiger partial charge < -0.3 is 24.6 Å². The summed E-state index contributed by atoms with van der Waals surface area (Å²) in [6.45, 7) is 5.71. The maximum atomic E-state index is 14.6. The molecule has 1 saturated heterocycles. The molecule has 2 aromatic carbocycles.